The van der Waals surface area contributed by atoms with Gasteiger partial charge < -0.3 is 14.8 Å². The fraction of sp³-hybridized carbons (Fsp3) is 0.235. The van der Waals surface area contributed by atoms with Gasteiger partial charge in [0.05, 0.1) is 11.5 Å². The van der Waals surface area contributed by atoms with Crippen molar-refractivity contribution in [3.05, 3.63) is 106 Å². The number of rotatable bonds is 11. The first-order valence-electron chi connectivity index (χ1n) is 13.4. The van der Waals surface area contributed by atoms with Crippen LogP contribution in [0, 0.1) is 25.2 Å². The standard InChI is InChI=1S/C34H34N2O2S.Na/c1-4-5-6-7-8-27-21-32(22-28(23-35)34(37)38)39-33(27)26-13-19-31(20-14-26)36(29-15-9-24(2)10-16-29)30-17-11-25(3)12-18-30;/h9-22H,4-8H2,1-3H3,(H,37,38);/q;+1/p-1/b28-22+;. The van der Waals surface area contributed by atoms with Crippen molar-refractivity contribution in [3.8, 4) is 16.5 Å². The van der Waals surface area contributed by atoms with Gasteiger partial charge in [0.1, 0.15) is 6.07 Å². The summed E-state index contributed by atoms with van der Waals surface area (Å²) >= 11 is 1.52. The Bertz CT molecular complexity index is 1440. The van der Waals surface area contributed by atoms with Crippen LogP contribution in [-0.4, -0.2) is 5.97 Å². The average molecular weight is 557 g/mol. The number of aryl methyl sites for hydroxylation is 3. The van der Waals surface area contributed by atoms with E-state index in [1.807, 2.05) is 6.07 Å². The van der Waals surface area contributed by atoms with E-state index >= 15 is 0 Å². The Morgan fingerprint density at radius 1 is 0.875 bits per heavy atom. The first kappa shape index (κ1) is 31.4. The van der Waals surface area contributed by atoms with Gasteiger partial charge in [-0.15, -0.1) is 11.3 Å². The van der Waals surface area contributed by atoms with Crippen LogP contribution in [-0.2, 0) is 11.2 Å². The number of nitriles is 1. The maximum absolute atomic E-state index is 11.3. The van der Waals surface area contributed by atoms with E-state index in [-0.39, 0.29) is 35.1 Å². The summed E-state index contributed by atoms with van der Waals surface area (Å²) in [6, 6.07) is 29.3. The molecule has 1 heterocycles. The monoisotopic (exact) mass is 556 g/mol. The molecule has 0 N–H and O–H groups in total. The molecule has 0 saturated carbocycles. The van der Waals surface area contributed by atoms with Gasteiger partial charge in [0, 0.05) is 26.8 Å². The average Bonchev–Trinajstić information content (AvgIpc) is 3.34. The first-order valence-corrected chi connectivity index (χ1v) is 14.2. The van der Waals surface area contributed by atoms with E-state index in [0.29, 0.717) is 0 Å². The van der Waals surface area contributed by atoms with E-state index in [1.165, 1.54) is 46.9 Å². The molecule has 6 heteroatoms. The number of thiophene rings is 1. The number of anilines is 3. The second-order valence-electron chi connectivity index (χ2n) is 9.82. The summed E-state index contributed by atoms with van der Waals surface area (Å²) in [5.74, 6) is -1.45. The smallest absolute Gasteiger partial charge is 0.544 e. The zero-order valence-electron chi connectivity index (χ0n) is 23.7. The maximum atomic E-state index is 11.3. The molecule has 0 radical (unpaired) electrons. The molecule has 4 rings (SSSR count). The molecule has 0 saturated heterocycles. The van der Waals surface area contributed by atoms with Crippen LogP contribution in [0.25, 0.3) is 16.5 Å². The SMILES string of the molecule is CCCCCCc1cc(/C=C(\C#N)C(=O)[O-])sc1-c1ccc(N(c2ccc(C)cc2)c2ccc(C)cc2)cc1.[Na+]. The molecule has 4 nitrogen and oxygen atoms in total. The van der Waals surface area contributed by atoms with E-state index in [0.717, 1.165) is 51.6 Å². The van der Waals surface area contributed by atoms with Gasteiger partial charge in [-0.2, -0.15) is 5.26 Å². The van der Waals surface area contributed by atoms with E-state index in [2.05, 4.69) is 98.5 Å². The Hall–Kier alpha value is -3.14. The Balaban J connectivity index is 0.00000441. The predicted molar refractivity (Wildman–Crippen MR) is 160 cm³/mol. The first-order chi connectivity index (χ1) is 18.9. The number of hydrogen-bond acceptors (Lipinski definition) is 5. The summed E-state index contributed by atoms with van der Waals surface area (Å²) in [6.45, 7) is 6.37. The number of benzene rings is 3. The fourth-order valence-corrected chi connectivity index (χ4v) is 5.73. The Morgan fingerprint density at radius 3 is 1.88 bits per heavy atom. The summed E-state index contributed by atoms with van der Waals surface area (Å²) in [5.41, 5.74) is 7.55. The fourth-order valence-electron chi connectivity index (χ4n) is 4.57. The molecule has 1 aromatic heterocycles. The minimum absolute atomic E-state index is 0. The van der Waals surface area contributed by atoms with Crippen molar-refractivity contribution < 1.29 is 39.5 Å². The van der Waals surface area contributed by atoms with Gasteiger partial charge in [0.2, 0.25) is 0 Å². The van der Waals surface area contributed by atoms with Crippen LogP contribution < -0.4 is 39.6 Å². The van der Waals surface area contributed by atoms with Crippen LogP contribution in [0.1, 0.15) is 54.2 Å². The number of aliphatic carboxylic acids is 1. The zero-order valence-corrected chi connectivity index (χ0v) is 26.6. The molecule has 0 aliphatic heterocycles. The number of nitrogens with zero attached hydrogens (tertiary/aromatic N) is 2. The summed E-state index contributed by atoms with van der Waals surface area (Å²) in [7, 11) is 0. The van der Waals surface area contributed by atoms with Gasteiger partial charge in [0.15, 0.2) is 0 Å². The molecular weight excluding hydrogens is 523 g/mol. The minimum Gasteiger partial charge on any atom is -0.544 e. The van der Waals surface area contributed by atoms with Crippen LogP contribution >= 0.6 is 11.3 Å². The van der Waals surface area contributed by atoms with Gasteiger partial charge in [-0.1, -0.05) is 73.7 Å². The molecule has 0 fully saturated rings. The van der Waals surface area contributed by atoms with E-state index in [9.17, 15) is 15.2 Å². The Morgan fingerprint density at radius 2 is 1.40 bits per heavy atom. The Kier molecular flexibility index (Phi) is 11.8. The molecule has 0 atom stereocenters. The van der Waals surface area contributed by atoms with Crippen molar-refractivity contribution in [1.82, 2.24) is 0 Å². The largest absolute Gasteiger partial charge is 1.00 e. The topological polar surface area (TPSA) is 67.2 Å². The van der Waals surface area contributed by atoms with Crippen molar-refractivity contribution in [2.24, 2.45) is 0 Å². The van der Waals surface area contributed by atoms with Gasteiger partial charge in [-0.3, -0.25) is 0 Å². The summed E-state index contributed by atoms with van der Waals surface area (Å²) in [6.07, 6.45) is 6.91. The molecular formula is C34H33N2NaO2S. The second-order valence-corrected chi connectivity index (χ2v) is 10.9. The van der Waals surface area contributed by atoms with Gasteiger partial charge in [-0.05, 0) is 86.4 Å². The van der Waals surface area contributed by atoms with Crippen LogP contribution in [0.5, 0.6) is 0 Å². The molecule has 0 bridgehead atoms. The van der Waals surface area contributed by atoms with Crippen molar-refractivity contribution in [2.45, 2.75) is 52.9 Å². The number of carbonyl (C=O) groups excluding carboxylic acids is 1. The summed E-state index contributed by atoms with van der Waals surface area (Å²) in [5, 5.41) is 20.5. The van der Waals surface area contributed by atoms with Crippen LogP contribution in [0.15, 0.2) is 84.4 Å². The van der Waals surface area contributed by atoms with Gasteiger partial charge in [0.25, 0.3) is 0 Å². The summed E-state index contributed by atoms with van der Waals surface area (Å²) < 4.78 is 0. The normalized spacial score (nSPS) is 11.0. The zero-order chi connectivity index (χ0) is 27.8. The maximum Gasteiger partial charge on any atom is 1.00 e. The van der Waals surface area contributed by atoms with E-state index in [1.54, 1.807) is 6.07 Å². The van der Waals surface area contributed by atoms with Crippen LogP contribution in [0.4, 0.5) is 17.1 Å². The molecule has 0 spiro atoms. The van der Waals surface area contributed by atoms with Gasteiger partial charge in [-0.25, -0.2) is 0 Å². The third-order valence-corrected chi connectivity index (χ3v) is 7.90. The molecule has 198 valence electrons. The molecule has 40 heavy (non-hydrogen) atoms. The molecule has 4 aromatic rings. The molecule has 0 amide bonds. The number of carbonyl (C=O) groups is 1. The third-order valence-electron chi connectivity index (χ3n) is 6.73. The Labute approximate surface area is 263 Å². The number of hydrogen-bond donors (Lipinski definition) is 0. The third kappa shape index (κ3) is 7.96. The number of carboxylic acid groups (broad SMARTS) is 1. The van der Waals surface area contributed by atoms with Crippen molar-refractivity contribution in [3.63, 3.8) is 0 Å². The van der Waals surface area contributed by atoms with Crippen molar-refractivity contribution in [1.29, 1.82) is 5.26 Å². The molecule has 0 aliphatic rings. The van der Waals surface area contributed by atoms with Crippen molar-refractivity contribution in [2.75, 3.05) is 4.90 Å². The van der Waals surface area contributed by atoms with Crippen LogP contribution in [0.3, 0.4) is 0 Å². The minimum atomic E-state index is -1.45. The van der Waals surface area contributed by atoms with Crippen LogP contribution in [0.2, 0.25) is 0 Å². The summed E-state index contributed by atoms with van der Waals surface area (Å²) in [4.78, 5) is 15.4. The van der Waals surface area contributed by atoms with Gasteiger partial charge >= 0.3 is 29.6 Å². The molecule has 3 aromatic carbocycles. The number of carboxylic acids is 1. The second kappa shape index (κ2) is 15.0. The van der Waals surface area contributed by atoms with E-state index in [4.69, 9.17) is 0 Å². The molecule has 0 unspecified atom stereocenters. The number of unbranched alkanes of at least 4 members (excludes halogenated alkanes) is 3. The predicted octanol–water partition coefficient (Wildman–Crippen LogP) is 5.29. The van der Waals surface area contributed by atoms with E-state index < -0.39 is 5.97 Å². The quantitative estimate of drug-likeness (QED) is 0.109. The molecule has 0 aliphatic carbocycles. The van der Waals surface area contributed by atoms with Crippen molar-refractivity contribution >= 4 is 40.4 Å².